The van der Waals surface area contributed by atoms with Crippen LogP contribution in [0.15, 0.2) is 255 Å². The zero-order valence-electron chi connectivity index (χ0n) is 40.1. The number of nitrogens with zero attached hydrogens (tertiary/aromatic N) is 2. The summed E-state index contributed by atoms with van der Waals surface area (Å²) in [6.45, 7) is 4.77. The van der Waals surface area contributed by atoms with Crippen molar-refractivity contribution in [1.29, 1.82) is 0 Å². The van der Waals surface area contributed by atoms with Gasteiger partial charge in [-0.2, -0.15) is 0 Å². The number of benzene rings is 11. The molecule has 0 atom stereocenters. The summed E-state index contributed by atoms with van der Waals surface area (Å²) in [6.07, 6.45) is 0. The molecule has 1 spiro atoms. The highest BCUT2D eigenvalue weighted by Crippen LogP contribution is 2.63. The van der Waals surface area contributed by atoms with E-state index in [0.717, 1.165) is 34.1 Å². The Hall–Kier alpha value is -8.98. The first-order chi connectivity index (χ1) is 35.5. The fourth-order valence-corrected chi connectivity index (χ4v) is 13.4. The summed E-state index contributed by atoms with van der Waals surface area (Å²) in [6, 6.07) is 95.8. The van der Waals surface area contributed by atoms with E-state index < -0.39 is 5.41 Å². The van der Waals surface area contributed by atoms with E-state index in [1.807, 2.05) is 0 Å². The monoisotopic (exact) mass is 916 g/mol. The van der Waals surface area contributed by atoms with Crippen LogP contribution in [-0.4, -0.2) is 0 Å². The Bertz CT molecular complexity index is 3980. The van der Waals surface area contributed by atoms with Gasteiger partial charge in [0.05, 0.1) is 16.8 Å². The molecule has 0 saturated heterocycles. The molecule has 2 nitrogen and oxygen atoms in total. The van der Waals surface area contributed by atoms with E-state index in [2.05, 4.69) is 278 Å². The topological polar surface area (TPSA) is 6.48 Å². The molecule has 1 heterocycles. The Morgan fingerprint density at radius 1 is 0.264 bits per heavy atom. The molecule has 0 radical (unpaired) electrons. The van der Waals surface area contributed by atoms with E-state index in [1.54, 1.807) is 0 Å². The van der Waals surface area contributed by atoms with Crippen LogP contribution in [0.5, 0.6) is 0 Å². The van der Waals surface area contributed by atoms with Crippen molar-refractivity contribution >= 4 is 34.1 Å². The molecular formula is C70H48N2. The lowest BCUT2D eigenvalue weighted by molar-refractivity contribution is 0.660. The first-order valence-corrected chi connectivity index (χ1v) is 25.3. The number of hydrogen-bond donors (Lipinski definition) is 0. The average molecular weight is 917 g/mol. The van der Waals surface area contributed by atoms with Crippen molar-refractivity contribution in [2.75, 3.05) is 9.80 Å². The van der Waals surface area contributed by atoms with Crippen LogP contribution in [0.1, 0.15) is 47.2 Å². The minimum absolute atomic E-state index is 0.186. The third-order valence-electron chi connectivity index (χ3n) is 16.4. The second kappa shape index (κ2) is 15.3. The highest BCUT2D eigenvalue weighted by molar-refractivity contribution is 6.04. The SMILES string of the molecule is CC1(C)c2ccccc2-c2ccc(N(c3ccc4c(c3)-c3ccccc3-c3ccccc3N4c3ccccc3)c3ccc4c(c3)C3(c5ccccc5-c5ccccc5-c5ccccc53)c3ccccc3-4)cc21. The fourth-order valence-electron chi connectivity index (χ4n) is 13.4. The molecule has 0 N–H and O–H groups in total. The largest absolute Gasteiger partial charge is 0.310 e. The van der Waals surface area contributed by atoms with Gasteiger partial charge >= 0.3 is 0 Å². The molecule has 72 heavy (non-hydrogen) atoms. The molecule has 4 aliphatic rings. The molecule has 338 valence electrons. The minimum Gasteiger partial charge on any atom is -0.310 e. The zero-order valence-corrected chi connectivity index (χ0v) is 40.1. The van der Waals surface area contributed by atoms with Crippen LogP contribution in [0.2, 0.25) is 0 Å². The van der Waals surface area contributed by atoms with Crippen molar-refractivity contribution in [3.63, 3.8) is 0 Å². The summed E-state index contributed by atoms with van der Waals surface area (Å²) in [7, 11) is 0. The van der Waals surface area contributed by atoms with Gasteiger partial charge in [-0.1, -0.05) is 208 Å². The Labute approximate surface area is 421 Å². The Morgan fingerprint density at radius 2 is 0.625 bits per heavy atom. The van der Waals surface area contributed by atoms with Crippen LogP contribution in [0.3, 0.4) is 0 Å². The molecule has 0 fully saturated rings. The average Bonchev–Trinajstić information content (AvgIpc) is 3.76. The summed E-state index contributed by atoms with van der Waals surface area (Å²) in [5.74, 6) is 0. The van der Waals surface area contributed by atoms with Gasteiger partial charge in [0.25, 0.3) is 0 Å². The molecule has 0 aromatic heterocycles. The molecule has 1 aliphatic heterocycles. The first-order valence-electron chi connectivity index (χ1n) is 25.3. The van der Waals surface area contributed by atoms with E-state index >= 15 is 0 Å². The predicted octanol–water partition coefficient (Wildman–Crippen LogP) is 18.6. The number of para-hydroxylation sites is 2. The van der Waals surface area contributed by atoms with Gasteiger partial charge in [0, 0.05) is 39.3 Å². The van der Waals surface area contributed by atoms with E-state index in [1.165, 1.54) is 100 Å². The van der Waals surface area contributed by atoms with E-state index in [9.17, 15) is 0 Å². The molecule has 11 aromatic rings. The van der Waals surface area contributed by atoms with E-state index in [-0.39, 0.29) is 5.41 Å². The van der Waals surface area contributed by atoms with Gasteiger partial charge in [-0.3, -0.25) is 0 Å². The van der Waals surface area contributed by atoms with E-state index in [4.69, 9.17) is 0 Å². The molecule has 0 unspecified atom stereocenters. The molecule has 0 amide bonds. The third kappa shape index (κ3) is 5.55. The fraction of sp³-hybridized carbons (Fsp3) is 0.0571. The summed E-state index contributed by atoms with van der Waals surface area (Å²) >= 11 is 0. The molecule has 15 rings (SSSR count). The molecule has 0 bridgehead atoms. The normalized spacial score (nSPS) is 14.2. The van der Waals surface area contributed by atoms with Crippen LogP contribution in [0.25, 0.3) is 66.8 Å². The molecule has 3 aliphatic carbocycles. The summed E-state index contributed by atoms with van der Waals surface area (Å²) in [5.41, 5.74) is 28.9. The van der Waals surface area contributed by atoms with Crippen molar-refractivity contribution < 1.29 is 0 Å². The second-order valence-corrected chi connectivity index (χ2v) is 20.3. The van der Waals surface area contributed by atoms with Crippen molar-refractivity contribution in [2.45, 2.75) is 24.7 Å². The summed E-state index contributed by atoms with van der Waals surface area (Å²) in [5, 5.41) is 0. The van der Waals surface area contributed by atoms with Gasteiger partial charge in [0.15, 0.2) is 0 Å². The number of anilines is 6. The lowest BCUT2D eigenvalue weighted by Gasteiger charge is -2.36. The highest BCUT2D eigenvalue weighted by Gasteiger charge is 2.50. The summed E-state index contributed by atoms with van der Waals surface area (Å²) in [4.78, 5) is 4.98. The molecular weight excluding hydrogens is 869 g/mol. The highest BCUT2D eigenvalue weighted by atomic mass is 15.2. The number of hydrogen-bond acceptors (Lipinski definition) is 2. The van der Waals surface area contributed by atoms with Crippen LogP contribution in [0.4, 0.5) is 34.1 Å². The van der Waals surface area contributed by atoms with Crippen molar-refractivity contribution in [3.8, 4) is 66.8 Å². The van der Waals surface area contributed by atoms with Gasteiger partial charge in [-0.25, -0.2) is 0 Å². The lowest BCUT2D eigenvalue weighted by Crippen LogP contribution is -2.29. The van der Waals surface area contributed by atoms with Crippen molar-refractivity contribution in [2.24, 2.45) is 0 Å². The Balaban J connectivity index is 1.02. The molecule has 0 saturated carbocycles. The third-order valence-corrected chi connectivity index (χ3v) is 16.4. The van der Waals surface area contributed by atoms with Gasteiger partial charge in [-0.15, -0.1) is 0 Å². The van der Waals surface area contributed by atoms with Crippen LogP contribution in [-0.2, 0) is 10.8 Å². The second-order valence-electron chi connectivity index (χ2n) is 20.3. The maximum absolute atomic E-state index is 2.54. The lowest BCUT2D eigenvalue weighted by atomic mass is 9.66. The smallest absolute Gasteiger partial charge is 0.0726 e. The van der Waals surface area contributed by atoms with Gasteiger partial charge in [0.2, 0.25) is 0 Å². The Kier molecular flexibility index (Phi) is 8.66. The first kappa shape index (κ1) is 40.9. The molecule has 2 heteroatoms. The van der Waals surface area contributed by atoms with Gasteiger partial charge in [0.1, 0.15) is 0 Å². The molecule has 11 aromatic carbocycles. The maximum Gasteiger partial charge on any atom is 0.0726 e. The standard InChI is InChI=1S/C70H48N2/c1-69(2)61-31-15-10-28-55(61)57-39-36-47(43-65(57)69)71(46-38-41-68-60(42-46)52-25-9-8-24-51(52)59-30-14-19-35-67(59)72(68)45-20-4-3-5-21-45)48-37-40-58-56-29-13-18-34-64(56)70(66(58)44-48)62-32-16-11-26-53(62)49-22-6-7-23-50(49)54-27-12-17-33-63(54)70/h3-44H,1-2H3. The van der Waals surface area contributed by atoms with Crippen molar-refractivity contribution in [3.05, 3.63) is 288 Å². The van der Waals surface area contributed by atoms with Crippen LogP contribution in [0, 0.1) is 0 Å². The van der Waals surface area contributed by atoms with Crippen LogP contribution >= 0.6 is 0 Å². The number of rotatable bonds is 4. The minimum atomic E-state index is -0.615. The maximum atomic E-state index is 2.54. The summed E-state index contributed by atoms with van der Waals surface area (Å²) < 4.78 is 0. The Morgan fingerprint density at radius 3 is 1.21 bits per heavy atom. The predicted molar refractivity (Wildman–Crippen MR) is 300 cm³/mol. The van der Waals surface area contributed by atoms with Gasteiger partial charge in [-0.05, 0) is 150 Å². The zero-order chi connectivity index (χ0) is 47.7. The van der Waals surface area contributed by atoms with Crippen LogP contribution < -0.4 is 9.80 Å². The number of fused-ring (bicyclic) bond motifs is 20. The van der Waals surface area contributed by atoms with E-state index in [0.29, 0.717) is 0 Å². The van der Waals surface area contributed by atoms with Crippen molar-refractivity contribution in [1.82, 2.24) is 0 Å². The van der Waals surface area contributed by atoms with Gasteiger partial charge < -0.3 is 9.80 Å². The quantitative estimate of drug-likeness (QED) is 0.174.